The lowest BCUT2D eigenvalue weighted by Gasteiger charge is -2.10. The Hall–Kier alpha value is -1.98. The number of rotatable bonds is 3. The third-order valence-electron chi connectivity index (χ3n) is 3.64. The van der Waals surface area contributed by atoms with Crippen molar-refractivity contribution in [1.82, 2.24) is 15.3 Å². The summed E-state index contributed by atoms with van der Waals surface area (Å²) >= 11 is 0. The highest BCUT2D eigenvalue weighted by atomic mass is 35.5. The van der Waals surface area contributed by atoms with Crippen LogP contribution in [0.3, 0.4) is 0 Å². The summed E-state index contributed by atoms with van der Waals surface area (Å²) in [6, 6.07) is 9.50. The number of amides is 1. The number of hydrogen-bond donors (Lipinski definition) is 2. The fourth-order valence-electron chi connectivity index (χ4n) is 2.41. The van der Waals surface area contributed by atoms with E-state index in [9.17, 15) is 4.79 Å². The van der Waals surface area contributed by atoms with E-state index in [1.807, 2.05) is 37.3 Å². The van der Waals surface area contributed by atoms with E-state index in [0.29, 0.717) is 5.82 Å². The smallest absolute Gasteiger partial charge is 0.228 e. The summed E-state index contributed by atoms with van der Waals surface area (Å²) in [5, 5.41) is 6.15. The molecule has 6 heteroatoms. The Kier molecular flexibility index (Phi) is 5.46. The van der Waals surface area contributed by atoms with Gasteiger partial charge in [-0.05, 0) is 50.2 Å². The highest BCUT2D eigenvalue weighted by molar-refractivity contribution is 5.93. The number of halogens is 1. The van der Waals surface area contributed by atoms with Crippen molar-refractivity contribution in [3.63, 3.8) is 0 Å². The number of carbonyl (C=O) groups excluding carboxylic acids is 1. The van der Waals surface area contributed by atoms with Gasteiger partial charge in [-0.15, -0.1) is 12.4 Å². The van der Waals surface area contributed by atoms with Gasteiger partial charge in [-0.2, -0.15) is 0 Å². The van der Waals surface area contributed by atoms with Gasteiger partial charge in [0.1, 0.15) is 0 Å². The second kappa shape index (κ2) is 7.33. The van der Waals surface area contributed by atoms with E-state index >= 15 is 0 Å². The topological polar surface area (TPSA) is 66.9 Å². The zero-order valence-corrected chi connectivity index (χ0v) is 13.2. The molecule has 1 saturated heterocycles. The molecule has 1 amide bonds. The minimum Gasteiger partial charge on any atom is -0.326 e. The van der Waals surface area contributed by atoms with Crippen molar-refractivity contribution < 1.29 is 4.79 Å². The minimum atomic E-state index is 0. The first-order chi connectivity index (χ1) is 10.2. The molecule has 2 aromatic rings. The van der Waals surface area contributed by atoms with Gasteiger partial charge in [-0.25, -0.2) is 9.97 Å². The van der Waals surface area contributed by atoms with Gasteiger partial charge >= 0.3 is 0 Å². The predicted molar refractivity (Wildman–Crippen MR) is 89.1 cm³/mol. The van der Waals surface area contributed by atoms with Gasteiger partial charge in [0.15, 0.2) is 5.82 Å². The second-order valence-electron chi connectivity index (χ2n) is 5.28. The summed E-state index contributed by atoms with van der Waals surface area (Å²) < 4.78 is 0. The third-order valence-corrected chi connectivity index (χ3v) is 3.64. The van der Waals surface area contributed by atoms with Crippen LogP contribution < -0.4 is 10.6 Å². The van der Waals surface area contributed by atoms with Gasteiger partial charge in [-0.3, -0.25) is 4.79 Å². The average molecular weight is 319 g/mol. The maximum atomic E-state index is 12.0. The van der Waals surface area contributed by atoms with Crippen LogP contribution in [0, 0.1) is 12.8 Å². The highest BCUT2D eigenvalue weighted by Gasteiger charge is 2.22. The maximum Gasteiger partial charge on any atom is 0.228 e. The Morgan fingerprint density at radius 2 is 2.05 bits per heavy atom. The van der Waals surface area contributed by atoms with Crippen molar-refractivity contribution in [3.05, 3.63) is 42.2 Å². The van der Waals surface area contributed by atoms with Crippen LogP contribution in [0.1, 0.15) is 12.1 Å². The van der Waals surface area contributed by atoms with E-state index in [4.69, 9.17) is 0 Å². The van der Waals surface area contributed by atoms with Crippen LogP contribution in [0.5, 0.6) is 0 Å². The molecule has 1 atom stereocenters. The van der Waals surface area contributed by atoms with Gasteiger partial charge < -0.3 is 10.6 Å². The summed E-state index contributed by atoms with van der Waals surface area (Å²) in [4.78, 5) is 20.7. The number of aryl methyl sites for hydroxylation is 1. The molecule has 0 bridgehead atoms. The molecule has 5 nitrogen and oxygen atoms in total. The molecule has 1 aromatic heterocycles. The van der Waals surface area contributed by atoms with Gasteiger partial charge in [0.05, 0.1) is 5.92 Å². The molecule has 2 heterocycles. The van der Waals surface area contributed by atoms with Crippen LogP contribution in [-0.2, 0) is 4.79 Å². The first-order valence-electron chi connectivity index (χ1n) is 7.14. The van der Waals surface area contributed by atoms with Crippen LogP contribution in [-0.4, -0.2) is 29.0 Å². The van der Waals surface area contributed by atoms with E-state index in [1.54, 1.807) is 6.20 Å². The monoisotopic (exact) mass is 318 g/mol. The lowest BCUT2D eigenvalue weighted by Crippen LogP contribution is -2.24. The van der Waals surface area contributed by atoms with Crippen molar-refractivity contribution in [3.8, 4) is 11.4 Å². The van der Waals surface area contributed by atoms with Crippen LogP contribution in [0.2, 0.25) is 0 Å². The second-order valence-corrected chi connectivity index (χ2v) is 5.28. The number of hydrogen-bond acceptors (Lipinski definition) is 4. The lowest BCUT2D eigenvalue weighted by atomic mass is 10.1. The van der Waals surface area contributed by atoms with E-state index < -0.39 is 0 Å². The Morgan fingerprint density at radius 1 is 1.27 bits per heavy atom. The molecule has 1 fully saturated rings. The zero-order valence-electron chi connectivity index (χ0n) is 12.4. The van der Waals surface area contributed by atoms with E-state index in [-0.39, 0.29) is 24.2 Å². The molecule has 0 saturated carbocycles. The molecule has 1 aromatic carbocycles. The molecule has 0 aliphatic carbocycles. The van der Waals surface area contributed by atoms with E-state index in [2.05, 4.69) is 20.6 Å². The molecule has 1 aliphatic rings. The number of anilines is 1. The van der Waals surface area contributed by atoms with Crippen molar-refractivity contribution in [2.45, 2.75) is 13.3 Å². The van der Waals surface area contributed by atoms with Crippen molar-refractivity contribution >= 4 is 24.0 Å². The van der Waals surface area contributed by atoms with Gasteiger partial charge in [0, 0.05) is 29.7 Å². The van der Waals surface area contributed by atoms with Gasteiger partial charge in [0.2, 0.25) is 5.91 Å². The van der Waals surface area contributed by atoms with Crippen LogP contribution in [0.25, 0.3) is 11.4 Å². The van der Waals surface area contributed by atoms with E-state index in [0.717, 1.165) is 36.5 Å². The van der Waals surface area contributed by atoms with Gasteiger partial charge in [-0.1, -0.05) is 0 Å². The largest absolute Gasteiger partial charge is 0.326 e. The average Bonchev–Trinajstić information content (AvgIpc) is 3.02. The molecule has 1 aliphatic heterocycles. The third kappa shape index (κ3) is 3.81. The lowest BCUT2D eigenvalue weighted by molar-refractivity contribution is -0.119. The first kappa shape index (κ1) is 16.4. The van der Waals surface area contributed by atoms with Crippen LogP contribution in [0.15, 0.2) is 36.5 Å². The standard InChI is InChI=1S/C16H18N4O.ClH/c1-11-6-9-18-15(19-11)12-2-4-14(5-3-12)20-16(21)13-7-8-17-10-13;/h2-6,9,13,17H,7-8,10H2,1H3,(H,20,21);1H. The summed E-state index contributed by atoms with van der Waals surface area (Å²) in [7, 11) is 0. The first-order valence-corrected chi connectivity index (χ1v) is 7.14. The van der Waals surface area contributed by atoms with E-state index in [1.165, 1.54) is 0 Å². The fraction of sp³-hybridized carbons (Fsp3) is 0.312. The Bertz CT molecular complexity index is 639. The summed E-state index contributed by atoms with van der Waals surface area (Å²) in [5.41, 5.74) is 2.69. The molecule has 2 N–H and O–H groups in total. The molecule has 1 unspecified atom stereocenters. The number of aromatic nitrogens is 2. The normalized spacial score (nSPS) is 16.9. The Balaban J connectivity index is 0.00000176. The number of benzene rings is 1. The molecule has 116 valence electrons. The van der Waals surface area contributed by atoms with Crippen molar-refractivity contribution in [2.24, 2.45) is 5.92 Å². The Morgan fingerprint density at radius 3 is 2.68 bits per heavy atom. The Labute approximate surface area is 136 Å². The molecular weight excluding hydrogens is 300 g/mol. The van der Waals surface area contributed by atoms with Crippen LogP contribution in [0.4, 0.5) is 5.69 Å². The minimum absolute atomic E-state index is 0. The van der Waals surface area contributed by atoms with Crippen molar-refractivity contribution in [1.29, 1.82) is 0 Å². The van der Waals surface area contributed by atoms with Crippen molar-refractivity contribution in [2.75, 3.05) is 18.4 Å². The van der Waals surface area contributed by atoms with Crippen LogP contribution >= 0.6 is 12.4 Å². The van der Waals surface area contributed by atoms with Gasteiger partial charge in [0.25, 0.3) is 0 Å². The number of carbonyl (C=O) groups is 1. The number of nitrogens with one attached hydrogen (secondary N) is 2. The summed E-state index contributed by atoms with van der Waals surface area (Å²) in [6.45, 7) is 3.62. The molecular formula is C16H19ClN4O. The highest BCUT2D eigenvalue weighted by Crippen LogP contribution is 2.19. The maximum absolute atomic E-state index is 12.0. The SMILES string of the molecule is Cc1ccnc(-c2ccc(NC(=O)C3CCNC3)cc2)n1.Cl. The number of nitrogens with zero attached hydrogens (tertiary/aromatic N) is 2. The molecule has 3 rings (SSSR count). The summed E-state index contributed by atoms with van der Waals surface area (Å²) in [6.07, 6.45) is 2.65. The molecule has 22 heavy (non-hydrogen) atoms. The molecule has 0 spiro atoms. The molecule has 0 radical (unpaired) electrons. The summed E-state index contributed by atoms with van der Waals surface area (Å²) in [5.74, 6) is 0.859. The fourth-order valence-corrected chi connectivity index (χ4v) is 2.41. The predicted octanol–water partition coefficient (Wildman–Crippen LogP) is 2.42. The zero-order chi connectivity index (χ0) is 14.7. The quantitative estimate of drug-likeness (QED) is 0.912.